The Morgan fingerprint density at radius 3 is 1.92 bits per heavy atom. The van der Waals surface area contributed by atoms with E-state index in [4.69, 9.17) is 10.2 Å². The van der Waals surface area contributed by atoms with Crippen LogP contribution in [-0.4, -0.2) is 112 Å². The summed E-state index contributed by atoms with van der Waals surface area (Å²) in [6, 6.07) is 10.8. The standard InChI is InChI=1S/C31H34N6O12S2/c38-16-14-32-28(40)24-18-31(43,37(34-24)20-22-9-4-6-12-26(22)51(47,48)49)13-7-1-2-10-23-27(29(41)33-15-17-39)35-36(30(23)42)19-21-8-3-5-11-25(21)50(44,45)46/h1-13,38-39,43H,14-20H2,(H,32,40)(H,33,41)(H,44,45,46)(H,47,48,49). The first-order valence-corrected chi connectivity index (χ1v) is 17.9. The lowest BCUT2D eigenvalue weighted by molar-refractivity contribution is -0.126. The van der Waals surface area contributed by atoms with Gasteiger partial charge in [0.1, 0.15) is 5.71 Å². The number of rotatable bonds is 15. The van der Waals surface area contributed by atoms with Gasteiger partial charge in [-0.25, -0.2) is 5.01 Å². The van der Waals surface area contributed by atoms with Gasteiger partial charge in [0.05, 0.1) is 48.1 Å². The van der Waals surface area contributed by atoms with Crippen LogP contribution in [0.5, 0.6) is 0 Å². The monoisotopic (exact) mass is 746 g/mol. The molecule has 1 atom stereocenters. The highest BCUT2D eigenvalue weighted by molar-refractivity contribution is 7.86. The Labute approximate surface area is 292 Å². The summed E-state index contributed by atoms with van der Waals surface area (Å²) >= 11 is 0. The van der Waals surface area contributed by atoms with Gasteiger partial charge in [0, 0.05) is 13.1 Å². The molecule has 0 saturated carbocycles. The number of amides is 3. The molecule has 0 aliphatic carbocycles. The normalized spacial score (nSPS) is 18.9. The molecule has 0 bridgehead atoms. The number of nitrogens with zero attached hydrogens (tertiary/aromatic N) is 4. The van der Waals surface area contributed by atoms with Crippen LogP contribution in [0.4, 0.5) is 0 Å². The molecule has 0 fully saturated rings. The zero-order valence-electron chi connectivity index (χ0n) is 26.7. The number of nitrogens with one attached hydrogen (secondary N) is 2. The topological polar surface area (TPSA) is 276 Å². The van der Waals surface area contributed by atoms with Crippen molar-refractivity contribution < 1.29 is 55.6 Å². The SMILES string of the molecule is O=C(NCCO)C1=NN(Cc2ccccc2S(=O)(=O)O)C(O)(C=CC=CC=C2C(=O)N(Cc3ccccc3S(=O)(=O)O)N=C2C(=O)NCCO)C1. The summed E-state index contributed by atoms with van der Waals surface area (Å²) in [6.45, 7) is -1.81. The van der Waals surface area contributed by atoms with Gasteiger partial charge in [-0.15, -0.1) is 0 Å². The number of hydrogen-bond donors (Lipinski definition) is 7. The third-order valence-electron chi connectivity index (χ3n) is 7.32. The van der Waals surface area contributed by atoms with Crippen LogP contribution in [0.3, 0.4) is 0 Å². The molecule has 2 heterocycles. The van der Waals surface area contributed by atoms with Crippen LogP contribution in [0.1, 0.15) is 17.5 Å². The molecule has 0 spiro atoms. The van der Waals surface area contributed by atoms with E-state index in [1.54, 1.807) is 0 Å². The van der Waals surface area contributed by atoms with Gasteiger partial charge in [0.15, 0.2) is 11.4 Å². The molecule has 2 aliphatic rings. The Morgan fingerprint density at radius 2 is 1.35 bits per heavy atom. The molecule has 20 heteroatoms. The molecule has 272 valence electrons. The van der Waals surface area contributed by atoms with Gasteiger partial charge in [-0.05, 0) is 35.4 Å². The lowest BCUT2D eigenvalue weighted by atomic mass is 10.0. The molecular weight excluding hydrogens is 713 g/mol. The van der Waals surface area contributed by atoms with E-state index in [9.17, 15) is 45.4 Å². The van der Waals surface area contributed by atoms with Gasteiger partial charge in [0.25, 0.3) is 38.0 Å². The zero-order valence-corrected chi connectivity index (χ0v) is 28.3. The van der Waals surface area contributed by atoms with Crippen molar-refractivity contribution >= 4 is 49.4 Å². The third kappa shape index (κ3) is 9.58. The van der Waals surface area contributed by atoms with E-state index in [2.05, 4.69) is 20.8 Å². The largest absolute Gasteiger partial charge is 0.395 e. The molecule has 0 saturated heterocycles. The number of hydrogen-bond acceptors (Lipinski definition) is 13. The number of allylic oxidation sites excluding steroid dienone is 4. The zero-order chi connectivity index (χ0) is 37.4. The summed E-state index contributed by atoms with van der Waals surface area (Å²) in [5.41, 5.74) is -2.64. The van der Waals surface area contributed by atoms with E-state index in [0.29, 0.717) is 0 Å². The predicted octanol–water partition coefficient (Wildman–Crippen LogP) is -0.915. The van der Waals surface area contributed by atoms with Crippen molar-refractivity contribution in [2.45, 2.75) is 35.0 Å². The molecule has 7 N–H and O–H groups in total. The summed E-state index contributed by atoms with van der Waals surface area (Å²) in [5.74, 6) is -2.31. The van der Waals surface area contributed by atoms with Gasteiger partial charge in [-0.2, -0.15) is 27.0 Å². The molecule has 18 nitrogen and oxygen atoms in total. The molecule has 0 aromatic heterocycles. The van der Waals surface area contributed by atoms with Gasteiger partial charge < -0.3 is 26.0 Å². The molecule has 2 aromatic carbocycles. The number of carbonyl (C=O) groups is 3. The van der Waals surface area contributed by atoms with Gasteiger partial charge in [-0.1, -0.05) is 54.6 Å². The van der Waals surface area contributed by atoms with Crippen molar-refractivity contribution in [2.75, 3.05) is 26.3 Å². The maximum atomic E-state index is 13.3. The average Bonchev–Trinajstić information content (AvgIpc) is 3.57. The van der Waals surface area contributed by atoms with E-state index in [1.165, 1.54) is 66.8 Å². The van der Waals surface area contributed by atoms with E-state index in [0.717, 1.165) is 22.2 Å². The second-order valence-corrected chi connectivity index (χ2v) is 13.7. The first-order valence-electron chi connectivity index (χ1n) is 15.0. The maximum absolute atomic E-state index is 13.3. The number of aliphatic hydroxyl groups excluding tert-OH is 2. The highest BCUT2D eigenvalue weighted by Crippen LogP contribution is 2.30. The lowest BCUT2D eigenvalue weighted by Crippen LogP contribution is -2.41. The maximum Gasteiger partial charge on any atom is 0.294 e. The molecule has 4 rings (SSSR count). The van der Waals surface area contributed by atoms with E-state index < -0.39 is 66.6 Å². The molecule has 2 aliphatic heterocycles. The Bertz CT molecular complexity index is 2060. The van der Waals surface area contributed by atoms with Crippen molar-refractivity contribution in [3.8, 4) is 0 Å². The van der Waals surface area contributed by atoms with Gasteiger partial charge >= 0.3 is 0 Å². The van der Waals surface area contributed by atoms with Gasteiger partial charge in [-0.3, -0.25) is 28.5 Å². The van der Waals surface area contributed by atoms with Gasteiger partial charge in [0.2, 0.25) is 0 Å². The summed E-state index contributed by atoms with van der Waals surface area (Å²) < 4.78 is 66.9. The quantitative estimate of drug-likeness (QED) is 0.0661. The number of hydrazone groups is 2. The summed E-state index contributed by atoms with van der Waals surface area (Å²) in [5, 5.41) is 44.7. The summed E-state index contributed by atoms with van der Waals surface area (Å²) in [4.78, 5) is 37.9. The highest BCUT2D eigenvalue weighted by atomic mass is 32.2. The molecule has 2 aromatic rings. The molecular formula is C31H34N6O12S2. The molecule has 0 radical (unpaired) electrons. The minimum absolute atomic E-state index is 0.0205. The number of carbonyl (C=O) groups excluding carboxylic acids is 3. The minimum Gasteiger partial charge on any atom is -0.395 e. The average molecular weight is 747 g/mol. The van der Waals surface area contributed by atoms with Crippen molar-refractivity contribution in [1.29, 1.82) is 0 Å². The summed E-state index contributed by atoms with van der Waals surface area (Å²) in [6.07, 6.45) is 6.08. The van der Waals surface area contributed by atoms with Crippen LogP contribution in [-0.2, 0) is 47.7 Å². The van der Waals surface area contributed by atoms with Crippen molar-refractivity contribution in [2.24, 2.45) is 10.2 Å². The van der Waals surface area contributed by atoms with Crippen LogP contribution in [0.2, 0.25) is 0 Å². The summed E-state index contributed by atoms with van der Waals surface area (Å²) in [7, 11) is -9.31. The second-order valence-electron chi connectivity index (χ2n) is 10.9. The fourth-order valence-electron chi connectivity index (χ4n) is 4.98. The van der Waals surface area contributed by atoms with Crippen molar-refractivity contribution in [3.05, 3.63) is 95.6 Å². The Hall–Kier alpha value is -5.09. The third-order valence-corrected chi connectivity index (χ3v) is 9.23. The van der Waals surface area contributed by atoms with Crippen LogP contribution in [0.15, 0.2) is 104 Å². The number of benzene rings is 2. The first kappa shape index (κ1) is 38.7. The highest BCUT2D eigenvalue weighted by Gasteiger charge is 2.41. The van der Waals surface area contributed by atoms with Crippen LogP contribution in [0, 0.1) is 0 Å². The minimum atomic E-state index is -4.66. The predicted molar refractivity (Wildman–Crippen MR) is 180 cm³/mol. The Kier molecular flexibility index (Phi) is 12.4. The van der Waals surface area contributed by atoms with E-state index in [-0.39, 0.29) is 60.8 Å². The Balaban J connectivity index is 1.61. The van der Waals surface area contributed by atoms with Crippen molar-refractivity contribution in [1.82, 2.24) is 20.7 Å². The van der Waals surface area contributed by atoms with Crippen LogP contribution >= 0.6 is 0 Å². The molecule has 51 heavy (non-hydrogen) atoms. The van der Waals surface area contributed by atoms with E-state index >= 15 is 0 Å². The lowest BCUT2D eigenvalue weighted by Gasteiger charge is -2.30. The fraction of sp³-hybridized carbons (Fsp3) is 0.258. The number of aliphatic hydroxyl groups is 3. The van der Waals surface area contributed by atoms with Crippen molar-refractivity contribution in [3.63, 3.8) is 0 Å². The molecule has 1 unspecified atom stereocenters. The van der Waals surface area contributed by atoms with E-state index in [1.807, 2.05) is 0 Å². The second kappa shape index (κ2) is 16.3. The van der Waals surface area contributed by atoms with Crippen LogP contribution < -0.4 is 10.6 Å². The molecule has 3 amide bonds. The van der Waals surface area contributed by atoms with Crippen LogP contribution in [0.25, 0.3) is 0 Å². The Morgan fingerprint density at radius 1 is 0.804 bits per heavy atom. The fourth-order valence-corrected chi connectivity index (χ4v) is 6.41. The first-order chi connectivity index (χ1) is 24.1. The smallest absolute Gasteiger partial charge is 0.294 e.